The van der Waals surface area contributed by atoms with Gasteiger partial charge in [0.15, 0.2) is 0 Å². The summed E-state index contributed by atoms with van der Waals surface area (Å²) in [5, 5.41) is 1.34. The lowest BCUT2D eigenvalue weighted by Gasteiger charge is -2.34. The van der Waals surface area contributed by atoms with Crippen LogP contribution < -0.4 is 0 Å². The maximum atomic E-state index is 12.3. The van der Waals surface area contributed by atoms with Crippen LogP contribution in [-0.2, 0) is 9.63 Å². The third-order valence-corrected chi connectivity index (χ3v) is 4.72. The smallest absolute Gasteiger partial charge is 0.273 e. The Hall–Kier alpha value is -0.830. The van der Waals surface area contributed by atoms with Crippen molar-refractivity contribution >= 4 is 5.91 Å². The summed E-state index contributed by atoms with van der Waals surface area (Å²) >= 11 is 0. The highest BCUT2D eigenvalue weighted by molar-refractivity contribution is 5.94. The van der Waals surface area contributed by atoms with Gasteiger partial charge in [0, 0.05) is 12.6 Å². The highest BCUT2D eigenvalue weighted by Gasteiger charge is 2.55. The van der Waals surface area contributed by atoms with Crippen molar-refractivity contribution in [2.75, 3.05) is 14.2 Å². The molecular formula is C14H23NO2. The van der Waals surface area contributed by atoms with Gasteiger partial charge in [0.2, 0.25) is 0 Å². The predicted molar refractivity (Wildman–Crippen MR) is 67.1 cm³/mol. The summed E-state index contributed by atoms with van der Waals surface area (Å²) in [7, 11) is 3.22. The number of hydrogen-bond acceptors (Lipinski definition) is 2. The summed E-state index contributed by atoms with van der Waals surface area (Å²) in [4.78, 5) is 17.3. The summed E-state index contributed by atoms with van der Waals surface area (Å²) < 4.78 is 0. The fourth-order valence-corrected chi connectivity index (χ4v) is 3.79. The minimum Gasteiger partial charge on any atom is -0.274 e. The van der Waals surface area contributed by atoms with Crippen LogP contribution in [0.5, 0.6) is 0 Å². The van der Waals surface area contributed by atoms with Crippen molar-refractivity contribution in [1.29, 1.82) is 0 Å². The summed E-state index contributed by atoms with van der Waals surface area (Å²) in [6, 6.07) is 0. The molecule has 1 saturated carbocycles. The van der Waals surface area contributed by atoms with Crippen LogP contribution in [0.2, 0.25) is 0 Å². The zero-order chi connectivity index (χ0) is 12.8. The van der Waals surface area contributed by atoms with E-state index in [-0.39, 0.29) is 16.7 Å². The monoisotopic (exact) mass is 237 g/mol. The fraction of sp³-hybridized carbons (Fsp3) is 0.786. The summed E-state index contributed by atoms with van der Waals surface area (Å²) in [5.41, 5.74) is 1.46. The molecule has 0 N–H and O–H groups in total. The van der Waals surface area contributed by atoms with E-state index in [1.807, 2.05) is 0 Å². The second-order valence-electron chi connectivity index (χ2n) is 6.42. The molecule has 0 bridgehead atoms. The Morgan fingerprint density at radius 1 is 1.41 bits per heavy atom. The Balaban J connectivity index is 2.29. The molecule has 0 spiro atoms. The van der Waals surface area contributed by atoms with Gasteiger partial charge >= 0.3 is 0 Å². The Labute approximate surface area is 104 Å². The lowest BCUT2D eigenvalue weighted by atomic mass is 9.70. The number of fused-ring (bicyclic) bond motifs is 1. The SMILES string of the molecule is CON(C)C(=O)C1=CC[C@@]2(C)CCC(C)(C)[C@@H]12. The van der Waals surface area contributed by atoms with Crippen molar-refractivity contribution in [1.82, 2.24) is 5.06 Å². The first-order valence-corrected chi connectivity index (χ1v) is 6.34. The quantitative estimate of drug-likeness (QED) is 0.691. The Morgan fingerprint density at radius 3 is 2.65 bits per heavy atom. The molecule has 0 aromatic rings. The minimum atomic E-state index is 0.0243. The number of hydroxylamine groups is 2. The number of carbonyl (C=O) groups is 1. The van der Waals surface area contributed by atoms with E-state index in [0.29, 0.717) is 5.92 Å². The van der Waals surface area contributed by atoms with Crippen molar-refractivity contribution < 1.29 is 9.63 Å². The van der Waals surface area contributed by atoms with Crippen LogP contribution in [0.3, 0.4) is 0 Å². The normalized spacial score (nSPS) is 34.4. The van der Waals surface area contributed by atoms with Crippen molar-refractivity contribution in [2.24, 2.45) is 16.7 Å². The molecule has 2 atom stereocenters. The van der Waals surface area contributed by atoms with Crippen molar-refractivity contribution in [3.8, 4) is 0 Å². The number of amides is 1. The van der Waals surface area contributed by atoms with E-state index in [9.17, 15) is 4.79 Å². The molecule has 3 heteroatoms. The van der Waals surface area contributed by atoms with E-state index >= 15 is 0 Å². The van der Waals surface area contributed by atoms with Gasteiger partial charge in [-0.05, 0) is 36.0 Å². The fourth-order valence-electron chi connectivity index (χ4n) is 3.79. The molecule has 0 saturated heterocycles. The van der Waals surface area contributed by atoms with E-state index in [0.717, 1.165) is 12.0 Å². The summed E-state index contributed by atoms with van der Waals surface area (Å²) in [5.74, 6) is 0.399. The van der Waals surface area contributed by atoms with Gasteiger partial charge in [-0.3, -0.25) is 9.63 Å². The molecule has 0 aromatic carbocycles. The third-order valence-electron chi connectivity index (χ3n) is 4.72. The van der Waals surface area contributed by atoms with E-state index in [1.165, 1.54) is 25.0 Å². The lowest BCUT2D eigenvalue weighted by molar-refractivity contribution is -0.165. The first kappa shape index (κ1) is 12.6. The molecule has 0 unspecified atom stereocenters. The van der Waals surface area contributed by atoms with E-state index in [2.05, 4.69) is 26.8 Å². The zero-order valence-electron chi connectivity index (χ0n) is 11.5. The molecular weight excluding hydrogens is 214 g/mol. The molecule has 3 nitrogen and oxygen atoms in total. The van der Waals surface area contributed by atoms with Crippen molar-refractivity contribution in [3.05, 3.63) is 11.6 Å². The average molecular weight is 237 g/mol. The molecule has 0 aliphatic heterocycles. The molecule has 0 aromatic heterocycles. The summed E-state index contributed by atoms with van der Waals surface area (Å²) in [6.45, 7) is 6.88. The van der Waals surface area contributed by atoms with Crippen LogP contribution in [0.15, 0.2) is 11.6 Å². The van der Waals surface area contributed by atoms with Crippen LogP contribution in [0, 0.1) is 16.7 Å². The molecule has 1 fully saturated rings. The number of likely N-dealkylation sites (N-methyl/N-ethyl adjacent to an activating group) is 1. The molecule has 2 aliphatic rings. The topological polar surface area (TPSA) is 29.5 Å². The minimum absolute atomic E-state index is 0.0243. The molecule has 2 rings (SSSR count). The molecule has 96 valence electrons. The van der Waals surface area contributed by atoms with Crippen LogP contribution in [0.1, 0.15) is 40.0 Å². The second kappa shape index (κ2) is 3.84. The maximum absolute atomic E-state index is 12.3. The first-order valence-electron chi connectivity index (χ1n) is 6.34. The van der Waals surface area contributed by atoms with E-state index < -0.39 is 0 Å². The number of carbonyl (C=O) groups excluding carboxylic acids is 1. The lowest BCUT2D eigenvalue weighted by Crippen LogP contribution is -2.35. The van der Waals surface area contributed by atoms with Gasteiger partial charge in [0.1, 0.15) is 0 Å². The zero-order valence-corrected chi connectivity index (χ0v) is 11.5. The van der Waals surface area contributed by atoms with Crippen molar-refractivity contribution in [3.63, 3.8) is 0 Å². The number of nitrogens with zero attached hydrogens (tertiary/aromatic N) is 1. The van der Waals surface area contributed by atoms with E-state index in [1.54, 1.807) is 7.05 Å². The molecule has 0 heterocycles. The predicted octanol–water partition coefficient (Wildman–Crippen LogP) is 2.78. The van der Waals surface area contributed by atoms with Gasteiger partial charge in [-0.1, -0.05) is 26.8 Å². The number of rotatable bonds is 2. The highest BCUT2D eigenvalue weighted by Crippen LogP contribution is 2.61. The largest absolute Gasteiger partial charge is 0.274 e. The standard InChI is InChI=1S/C14H23NO2/c1-13(2)8-9-14(3)7-6-10(11(13)14)12(16)15(4)17-5/h6,11H,7-9H2,1-5H3/t11-,14+/m1/s1. The molecule has 17 heavy (non-hydrogen) atoms. The van der Waals surface area contributed by atoms with Crippen LogP contribution in [0.25, 0.3) is 0 Å². The van der Waals surface area contributed by atoms with Gasteiger partial charge < -0.3 is 0 Å². The number of hydrogen-bond donors (Lipinski definition) is 0. The second-order valence-corrected chi connectivity index (χ2v) is 6.42. The molecule has 2 aliphatic carbocycles. The molecule has 1 amide bonds. The van der Waals surface area contributed by atoms with Gasteiger partial charge in [-0.25, -0.2) is 5.06 Å². The number of allylic oxidation sites excluding steroid dienone is 1. The molecule has 0 radical (unpaired) electrons. The Bertz CT molecular complexity index is 372. The summed E-state index contributed by atoms with van der Waals surface area (Å²) in [6.07, 6.45) is 5.58. The van der Waals surface area contributed by atoms with E-state index in [4.69, 9.17) is 4.84 Å². The van der Waals surface area contributed by atoms with Crippen LogP contribution in [0.4, 0.5) is 0 Å². The Morgan fingerprint density at radius 2 is 2.06 bits per heavy atom. The Kier molecular flexibility index (Phi) is 2.85. The van der Waals surface area contributed by atoms with Gasteiger partial charge in [0.05, 0.1) is 7.11 Å². The van der Waals surface area contributed by atoms with Gasteiger partial charge in [-0.2, -0.15) is 0 Å². The third kappa shape index (κ3) is 1.81. The van der Waals surface area contributed by atoms with Gasteiger partial charge in [0.25, 0.3) is 5.91 Å². The van der Waals surface area contributed by atoms with Crippen molar-refractivity contribution in [2.45, 2.75) is 40.0 Å². The highest BCUT2D eigenvalue weighted by atomic mass is 16.7. The average Bonchev–Trinajstić information content (AvgIpc) is 2.74. The van der Waals surface area contributed by atoms with Crippen LogP contribution in [-0.4, -0.2) is 25.1 Å². The first-order chi connectivity index (χ1) is 7.82. The maximum Gasteiger partial charge on any atom is 0.273 e. The van der Waals surface area contributed by atoms with Gasteiger partial charge in [-0.15, -0.1) is 0 Å². The van der Waals surface area contributed by atoms with Crippen LogP contribution >= 0.6 is 0 Å².